The Balaban J connectivity index is 1.73. The van der Waals surface area contributed by atoms with Crippen molar-refractivity contribution in [3.63, 3.8) is 0 Å². The highest BCUT2D eigenvalue weighted by Crippen LogP contribution is 2.29. The molecule has 0 spiro atoms. The number of aromatic nitrogens is 4. The van der Waals surface area contributed by atoms with Crippen LogP contribution in [-0.4, -0.2) is 45.0 Å². The monoisotopic (exact) mass is 423 g/mol. The van der Waals surface area contributed by atoms with E-state index in [2.05, 4.69) is 15.4 Å². The summed E-state index contributed by atoms with van der Waals surface area (Å²) in [7, 11) is 0. The zero-order valence-corrected chi connectivity index (χ0v) is 16.1. The van der Waals surface area contributed by atoms with Crippen LogP contribution in [0.2, 0.25) is 0 Å². The van der Waals surface area contributed by atoms with Gasteiger partial charge in [-0.05, 0) is 24.6 Å². The van der Waals surface area contributed by atoms with E-state index in [9.17, 15) is 22.8 Å². The van der Waals surface area contributed by atoms with E-state index in [-0.39, 0.29) is 31.0 Å². The van der Waals surface area contributed by atoms with Gasteiger partial charge in [0.1, 0.15) is 18.3 Å². The molecule has 2 aromatic heterocycles. The van der Waals surface area contributed by atoms with E-state index in [1.54, 1.807) is 6.92 Å². The average molecular weight is 423 g/mol. The molecule has 2 heterocycles. The minimum absolute atomic E-state index is 0.0329. The first-order valence-corrected chi connectivity index (χ1v) is 9.21. The molecule has 0 bridgehead atoms. The number of alkyl halides is 3. The summed E-state index contributed by atoms with van der Waals surface area (Å²) in [5.74, 6) is -0.260. The summed E-state index contributed by atoms with van der Waals surface area (Å²) in [6.45, 7) is 2.71. The van der Waals surface area contributed by atoms with E-state index in [4.69, 9.17) is 4.74 Å². The third kappa shape index (κ3) is 5.03. The smallest absolute Gasteiger partial charge is 0.372 e. The van der Waals surface area contributed by atoms with Crippen molar-refractivity contribution in [1.82, 2.24) is 24.6 Å². The molecule has 8 nitrogen and oxygen atoms in total. The zero-order valence-electron chi connectivity index (χ0n) is 16.1. The maximum Gasteiger partial charge on any atom is 0.416 e. The Labute approximate surface area is 169 Å². The highest BCUT2D eigenvalue weighted by molar-refractivity contribution is 5.77. The molecule has 0 saturated carbocycles. The Bertz CT molecular complexity index is 1090. The van der Waals surface area contributed by atoms with Crippen LogP contribution < -0.4 is 10.9 Å². The topological polar surface area (TPSA) is 91.0 Å². The van der Waals surface area contributed by atoms with Crippen LogP contribution in [0.25, 0.3) is 11.0 Å². The third-order valence-electron chi connectivity index (χ3n) is 4.31. The quantitative estimate of drug-likeness (QED) is 0.597. The van der Waals surface area contributed by atoms with Crippen LogP contribution in [0.5, 0.6) is 0 Å². The fourth-order valence-corrected chi connectivity index (χ4v) is 2.86. The van der Waals surface area contributed by atoms with Crippen LogP contribution >= 0.6 is 0 Å². The highest BCUT2D eigenvalue weighted by atomic mass is 19.4. The highest BCUT2D eigenvalue weighted by Gasteiger charge is 2.30. The van der Waals surface area contributed by atoms with Crippen molar-refractivity contribution in [2.24, 2.45) is 0 Å². The van der Waals surface area contributed by atoms with Gasteiger partial charge in [-0.2, -0.15) is 18.3 Å². The van der Waals surface area contributed by atoms with Crippen molar-refractivity contribution >= 4 is 16.9 Å². The minimum atomic E-state index is -4.46. The Morgan fingerprint density at radius 2 is 2.10 bits per heavy atom. The first-order valence-electron chi connectivity index (χ1n) is 9.21. The average Bonchev–Trinajstić information content (AvgIpc) is 3.12. The van der Waals surface area contributed by atoms with Gasteiger partial charge in [-0.15, -0.1) is 0 Å². The number of nitrogens with zero attached hydrogens (tertiary/aromatic N) is 4. The predicted octanol–water partition coefficient (Wildman–Crippen LogP) is 1.81. The van der Waals surface area contributed by atoms with Crippen LogP contribution in [0, 0.1) is 0 Å². The SMILES string of the molecule is CCOCC(=O)NCCn1ncc2c(=O)n(Cc3cccc(C(F)(F)F)c3)cnc21. The van der Waals surface area contributed by atoms with Crippen molar-refractivity contribution in [2.75, 3.05) is 19.8 Å². The number of nitrogens with one attached hydrogen (secondary N) is 1. The molecule has 11 heteroatoms. The largest absolute Gasteiger partial charge is 0.416 e. The van der Waals surface area contributed by atoms with Gasteiger partial charge in [-0.25, -0.2) is 9.67 Å². The summed E-state index contributed by atoms with van der Waals surface area (Å²) >= 11 is 0. The molecule has 0 unspecified atom stereocenters. The van der Waals surface area contributed by atoms with E-state index >= 15 is 0 Å². The minimum Gasteiger partial charge on any atom is -0.372 e. The van der Waals surface area contributed by atoms with E-state index in [0.29, 0.717) is 24.4 Å². The van der Waals surface area contributed by atoms with E-state index in [1.807, 2.05) is 0 Å². The zero-order chi connectivity index (χ0) is 21.7. The molecule has 160 valence electrons. The molecule has 0 aliphatic rings. The van der Waals surface area contributed by atoms with Crippen molar-refractivity contribution in [3.05, 3.63) is 58.3 Å². The van der Waals surface area contributed by atoms with E-state index in [0.717, 1.165) is 12.1 Å². The molecule has 0 aliphatic heterocycles. The summed E-state index contributed by atoms with van der Waals surface area (Å²) in [6.07, 6.45) is -1.82. The van der Waals surface area contributed by atoms with Gasteiger partial charge in [-0.1, -0.05) is 12.1 Å². The molecular weight excluding hydrogens is 403 g/mol. The Morgan fingerprint density at radius 3 is 2.83 bits per heavy atom. The maximum atomic E-state index is 12.9. The van der Waals surface area contributed by atoms with Crippen LogP contribution in [0.3, 0.4) is 0 Å². The van der Waals surface area contributed by atoms with Crippen molar-refractivity contribution in [1.29, 1.82) is 0 Å². The number of carbonyl (C=O) groups is 1. The third-order valence-corrected chi connectivity index (χ3v) is 4.31. The fraction of sp³-hybridized carbons (Fsp3) is 0.368. The number of hydrogen-bond acceptors (Lipinski definition) is 5. The summed E-state index contributed by atoms with van der Waals surface area (Å²) in [5, 5.41) is 7.03. The molecule has 1 aromatic carbocycles. The van der Waals surface area contributed by atoms with Gasteiger partial charge in [0.2, 0.25) is 5.91 Å². The summed E-state index contributed by atoms with van der Waals surface area (Å²) in [6, 6.07) is 4.79. The Kier molecular flexibility index (Phi) is 6.50. The van der Waals surface area contributed by atoms with Crippen molar-refractivity contribution in [2.45, 2.75) is 26.2 Å². The first kappa shape index (κ1) is 21.5. The Morgan fingerprint density at radius 1 is 1.30 bits per heavy atom. The van der Waals surface area contributed by atoms with Gasteiger partial charge in [0, 0.05) is 13.2 Å². The fourth-order valence-electron chi connectivity index (χ4n) is 2.86. The lowest BCUT2D eigenvalue weighted by Gasteiger charge is -2.10. The van der Waals surface area contributed by atoms with E-state index in [1.165, 1.54) is 33.9 Å². The van der Waals surface area contributed by atoms with Crippen LogP contribution in [0.4, 0.5) is 13.2 Å². The van der Waals surface area contributed by atoms with Crippen molar-refractivity contribution in [3.8, 4) is 0 Å². The van der Waals surface area contributed by atoms with Crippen LogP contribution in [-0.2, 0) is 28.8 Å². The second-order valence-electron chi connectivity index (χ2n) is 6.47. The molecule has 0 atom stereocenters. The van der Waals surface area contributed by atoms with Gasteiger partial charge < -0.3 is 10.1 Å². The number of rotatable bonds is 8. The number of fused-ring (bicyclic) bond motifs is 1. The summed E-state index contributed by atoms with van der Waals surface area (Å²) < 4.78 is 46.4. The molecule has 1 N–H and O–H groups in total. The number of ether oxygens (including phenoxy) is 1. The van der Waals surface area contributed by atoms with Gasteiger partial charge in [-0.3, -0.25) is 14.2 Å². The van der Waals surface area contributed by atoms with Crippen molar-refractivity contribution < 1.29 is 22.7 Å². The molecule has 0 fully saturated rings. The molecule has 0 aliphatic carbocycles. The summed E-state index contributed by atoms with van der Waals surface area (Å²) in [5.41, 5.74) is -0.526. The van der Waals surface area contributed by atoms with Crippen LogP contribution in [0.1, 0.15) is 18.1 Å². The lowest BCUT2D eigenvalue weighted by atomic mass is 10.1. The first-order chi connectivity index (χ1) is 14.3. The number of halogens is 3. The molecule has 0 saturated heterocycles. The lowest BCUT2D eigenvalue weighted by molar-refractivity contribution is -0.137. The normalized spacial score (nSPS) is 11.7. The van der Waals surface area contributed by atoms with Gasteiger partial charge >= 0.3 is 6.18 Å². The maximum absolute atomic E-state index is 12.9. The number of carbonyl (C=O) groups excluding carboxylic acids is 1. The standard InChI is InChI=1S/C19H20F3N5O3/c1-2-30-11-16(28)23-6-7-27-17-15(9-25-27)18(29)26(12-24-17)10-13-4-3-5-14(8-13)19(20,21)22/h3-5,8-9,12H,2,6-7,10-11H2,1H3,(H,23,28). The number of amides is 1. The molecule has 1 amide bonds. The second kappa shape index (κ2) is 9.08. The van der Waals surface area contributed by atoms with E-state index < -0.39 is 17.3 Å². The van der Waals surface area contributed by atoms with Crippen LogP contribution in [0.15, 0.2) is 41.6 Å². The van der Waals surface area contributed by atoms with Gasteiger partial charge in [0.15, 0.2) is 5.65 Å². The molecule has 3 aromatic rings. The Hall–Kier alpha value is -3.21. The lowest BCUT2D eigenvalue weighted by Crippen LogP contribution is -2.31. The van der Waals surface area contributed by atoms with Gasteiger partial charge in [0.05, 0.1) is 24.8 Å². The molecule has 3 rings (SSSR count). The predicted molar refractivity (Wildman–Crippen MR) is 102 cm³/mol. The second-order valence-corrected chi connectivity index (χ2v) is 6.47. The molecular formula is C19H20F3N5O3. The molecule has 0 radical (unpaired) electrons. The number of hydrogen-bond donors (Lipinski definition) is 1. The van der Waals surface area contributed by atoms with Gasteiger partial charge in [0.25, 0.3) is 5.56 Å². The molecule has 30 heavy (non-hydrogen) atoms. The number of benzene rings is 1. The summed E-state index contributed by atoms with van der Waals surface area (Å²) in [4.78, 5) is 28.5.